The molecule has 0 saturated heterocycles. The van der Waals surface area contributed by atoms with E-state index in [9.17, 15) is 4.39 Å². The van der Waals surface area contributed by atoms with Gasteiger partial charge in [0, 0.05) is 5.56 Å². The number of hydrogen-bond acceptors (Lipinski definition) is 4. The van der Waals surface area contributed by atoms with E-state index in [1.54, 1.807) is 24.5 Å². The summed E-state index contributed by atoms with van der Waals surface area (Å²) >= 11 is 0. The van der Waals surface area contributed by atoms with Gasteiger partial charge in [-0.05, 0) is 36.8 Å². The van der Waals surface area contributed by atoms with E-state index in [4.69, 9.17) is 10.5 Å². The van der Waals surface area contributed by atoms with Crippen LogP contribution in [0.1, 0.15) is 16.8 Å². The zero-order valence-electron chi connectivity index (χ0n) is 13.2. The average molecular weight is 324 g/mol. The fourth-order valence-corrected chi connectivity index (χ4v) is 2.20. The fraction of sp³-hybridized carbons (Fsp3) is 0.111. The zero-order valence-corrected chi connectivity index (χ0v) is 13.2. The van der Waals surface area contributed by atoms with E-state index in [-0.39, 0.29) is 5.82 Å². The number of anilines is 1. The van der Waals surface area contributed by atoms with Crippen molar-refractivity contribution in [3.63, 3.8) is 0 Å². The number of rotatable bonds is 5. The highest BCUT2D eigenvalue weighted by atomic mass is 19.1. The molecule has 2 N–H and O–H groups in total. The van der Waals surface area contributed by atoms with Gasteiger partial charge in [-0.25, -0.2) is 14.1 Å². The first-order valence-corrected chi connectivity index (χ1v) is 7.44. The third-order valence-electron chi connectivity index (χ3n) is 3.42. The Morgan fingerprint density at radius 1 is 1.21 bits per heavy atom. The average Bonchev–Trinajstić information content (AvgIpc) is 2.91. The van der Waals surface area contributed by atoms with Crippen LogP contribution in [-0.4, -0.2) is 15.9 Å². The molecular formula is C18H17FN4O. The maximum atomic E-state index is 12.9. The van der Waals surface area contributed by atoms with Gasteiger partial charge in [-0.2, -0.15) is 5.10 Å². The van der Waals surface area contributed by atoms with Gasteiger partial charge in [0.05, 0.1) is 18.1 Å². The molecule has 0 saturated carbocycles. The minimum absolute atomic E-state index is 0.289. The molecule has 3 aromatic rings. The Morgan fingerprint density at radius 3 is 2.67 bits per heavy atom. The molecule has 0 atom stereocenters. The summed E-state index contributed by atoms with van der Waals surface area (Å²) in [6.07, 6.45) is 3.46. The highest BCUT2D eigenvalue weighted by molar-refractivity contribution is 5.81. The number of imidazole rings is 1. The monoisotopic (exact) mass is 324 g/mol. The number of nitrogens with zero attached hydrogens (tertiary/aromatic N) is 3. The quantitative estimate of drug-likeness (QED) is 0.732. The topological polar surface area (TPSA) is 65.4 Å². The Morgan fingerprint density at radius 2 is 1.96 bits per heavy atom. The third kappa shape index (κ3) is 3.78. The van der Waals surface area contributed by atoms with E-state index in [1.807, 2.05) is 31.2 Å². The summed E-state index contributed by atoms with van der Waals surface area (Å²) in [4.78, 5) is 4.10. The molecule has 0 aliphatic rings. The molecule has 0 bridgehead atoms. The molecule has 6 heteroatoms. The van der Waals surface area contributed by atoms with E-state index < -0.39 is 0 Å². The van der Waals surface area contributed by atoms with E-state index in [1.165, 1.54) is 16.8 Å². The summed E-state index contributed by atoms with van der Waals surface area (Å²) in [6.45, 7) is 2.21. The summed E-state index contributed by atoms with van der Waals surface area (Å²) < 4.78 is 20.1. The Kier molecular flexibility index (Phi) is 4.56. The van der Waals surface area contributed by atoms with Crippen molar-refractivity contribution in [3.05, 3.63) is 77.4 Å². The third-order valence-corrected chi connectivity index (χ3v) is 3.42. The Hall–Kier alpha value is -3.15. The second-order valence-electron chi connectivity index (χ2n) is 5.27. The maximum Gasteiger partial charge on any atom is 0.221 e. The number of halogens is 1. The molecule has 0 amide bonds. The van der Waals surface area contributed by atoms with Crippen molar-refractivity contribution in [3.8, 4) is 5.75 Å². The normalized spacial score (nSPS) is 11.1. The molecular weight excluding hydrogens is 307 g/mol. The first-order chi connectivity index (χ1) is 11.6. The summed E-state index contributed by atoms with van der Waals surface area (Å²) in [5, 5.41) is 4.32. The highest BCUT2D eigenvalue weighted by Gasteiger charge is 2.03. The van der Waals surface area contributed by atoms with Gasteiger partial charge in [0.2, 0.25) is 5.95 Å². The molecule has 0 fully saturated rings. The number of aryl methyl sites for hydroxylation is 1. The van der Waals surface area contributed by atoms with Crippen LogP contribution in [0.3, 0.4) is 0 Å². The van der Waals surface area contributed by atoms with Gasteiger partial charge in [0.15, 0.2) is 0 Å². The number of hydrogen-bond donors (Lipinski definition) is 1. The molecule has 2 aromatic carbocycles. The molecule has 1 aromatic heterocycles. The van der Waals surface area contributed by atoms with Crippen LogP contribution in [0.2, 0.25) is 0 Å². The van der Waals surface area contributed by atoms with Crippen molar-refractivity contribution in [2.24, 2.45) is 5.10 Å². The van der Waals surface area contributed by atoms with Crippen LogP contribution in [0.15, 0.2) is 59.8 Å². The van der Waals surface area contributed by atoms with Gasteiger partial charge in [-0.3, -0.25) is 0 Å². The first-order valence-electron chi connectivity index (χ1n) is 7.44. The molecule has 0 aliphatic heterocycles. The predicted molar refractivity (Wildman–Crippen MR) is 91.5 cm³/mol. The van der Waals surface area contributed by atoms with Crippen LogP contribution >= 0.6 is 0 Å². The van der Waals surface area contributed by atoms with Crippen LogP contribution in [-0.2, 0) is 6.61 Å². The van der Waals surface area contributed by atoms with Gasteiger partial charge in [0.25, 0.3) is 0 Å². The van der Waals surface area contributed by atoms with Gasteiger partial charge in [0.1, 0.15) is 18.2 Å². The predicted octanol–water partition coefficient (Wildman–Crippen LogP) is 3.37. The van der Waals surface area contributed by atoms with Crippen LogP contribution in [0.5, 0.6) is 5.75 Å². The minimum Gasteiger partial charge on any atom is -0.489 e. The second-order valence-corrected chi connectivity index (χ2v) is 5.27. The first kappa shape index (κ1) is 15.7. The second kappa shape index (κ2) is 6.95. The van der Waals surface area contributed by atoms with Crippen molar-refractivity contribution in [2.45, 2.75) is 13.5 Å². The van der Waals surface area contributed by atoms with Crippen molar-refractivity contribution in [1.29, 1.82) is 0 Å². The number of aromatic nitrogens is 2. The summed E-state index contributed by atoms with van der Waals surface area (Å²) in [7, 11) is 0. The molecule has 122 valence electrons. The Labute approximate surface area is 139 Å². The van der Waals surface area contributed by atoms with Gasteiger partial charge in [-0.1, -0.05) is 24.3 Å². The molecule has 0 unspecified atom stereocenters. The lowest BCUT2D eigenvalue weighted by molar-refractivity contribution is 0.305. The molecule has 0 radical (unpaired) electrons. The SMILES string of the molecule is Cc1cn(N=Cc2ccccc2COc2ccc(F)cc2)c(N)n1. The zero-order chi connectivity index (χ0) is 16.9. The van der Waals surface area contributed by atoms with Gasteiger partial charge in [-0.15, -0.1) is 0 Å². The maximum absolute atomic E-state index is 12.9. The molecule has 5 nitrogen and oxygen atoms in total. The smallest absolute Gasteiger partial charge is 0.221 e. The van der Waals surface area contributed by atoms with Gasteiger partial charge >= 0.3 is 0 Å². The Balaban J connectivity index is 1.75. The lowest BCUT2D eigenvalue weighted by atomic mass is 10.1. The molecule has 24 heavy (non-hydrogen) atoms. The van der Waals surface area contributed by atoms with E-state index in [0.717, 1.165) is 16.8 Å². The number of nitrogens with two attached hydrogens (primary N) is 1. The largest absolute Gasteiger partial charge is 0.489 e. The van der Waals surface area contributed by atoms with Crippen LogP contribution in [0.25, 0.3) is 0 Å². The highest BCUT2D eigenvalue weighted by Crippen LogP contribution is 2.15. The van der Waals surface area contributed by atoms with Gasteiger partial charge < -0.3 is 10.5 Å². The summed E-state index contributed by atoms with van der Waals surface area (Å²) in [5.41, 5.74) is 8.44. The molecule has 0 aliphatic carbocycles. The lowest BCUT2D eigenvalue weighted by Gasteiger charge is -2.08. The standard InChI is InChI=1S/C18H17FN4O/c1-13-11-23(18(20)22-13)21-10-14-4-2-3-5-15(14)12-24-17-8-6-16(19)7-9-17/h2-11H,12H2,1H3,(H2,20,22). The molecule has 3 rings (SSSR count). The van der Waals surface area contributed by atoms with Crippen LogP contribution in [0, 0.1) is 12.7 Å². The number of ether oxygens (including phenoxy) is 1. The van der Waals surface area contributed by atoms with Crippen molar-refractivity contribution < 1.29 is 9.13 Å². The summed E-state index contributed by atoms with van der Waals surface area (Å²) in [5.74, 6) is 0.657. The lowest BCUT2D eigenvalue weighted by Crippen LogP contribution is -2.01. The summed E-state index contributed by atoms with van der Waals surface area (Å²) in [6, 6.07) is 13.7. The van der Waals surface area contributed by atoms with E-state index >= 15 is 0 Å². The van der Waals surface area contributed by atoms with Crippen molar-refractivity contribution >= 4 is 12.2 Å². The van der Waals surface area contributed by atoms with Crippen molar-refractivity contribution in [1.82, 2.24) is 9.66 Å². The van der Waals surface area contributed by atoms with Crippen molar-refractivity contribution in [2.75, 3.05) is 5.73 Å². The minimum atomic E-state index is -0.289. The molecule has 1 heterocycles. The van der Waals surface area contributed by atoms with Crippen LogP contribution in [0.4, 0.5) is 10.3 Å². The Bertz CT molecular complexity index is 856. The van der Waals surface area contributed by atoms with E-state index in [2.05, 4.69) is 10.1 Å². The number of benzene rings is 2. The number of nitrogen functional groups attached to an aromatic ring is 1. The van der Waals surface area contributed by atoms with E-state index in [0.29, 0.717) is 18.3 Å². The molecule has 0 spiro atoms. The fourth-order valence-electron chi connectivity index (χ4n) is 2.20. The van der Waals surface area contributed by atoms with Crippen LogP contribution < -0.4 is 10.5 Å².